The maximum atomic E-state index is 11.6. The van der Waals surface area contributed by atoms with Crippen molar-refractivity contribution in [1.82, 2.24) is 5.32 Å². The van der Waals surface area contributed by atoms with Crippen LogP contribution in [0.2, 0.25) is 0 Å². The van der Waals surface area contributed by atoms with Crippen molar-refractivity contribution in [2.45, 2.75) is 12.5 Å². The zero-order chi connectivity index (χ0) is 13.6. The Morgan fingerprint density at radius 2 is 2.05 bits per heavy atom. The lowest BCUT2D eigenvalue weighted by atomic mass is 10.00. The molecule has 6 heteroatoms. The topological polar surface area (TPSA) is 75.7 Å². The van der Waals surface area contributed by atoms with Gasteiger partial charge in [-0.3, -0.25) is 14.9 Å². The number of carbonyl (C=O) groups is 3. The molecule has 1 unspecified atom stereocenters. The molecule has 98 valence electrons. The molecule has 0 radical (unpaired) electrons. The van der Waals surface area contributed by atoms with E-state index in [2.05, 4.69) is 5.32 Å². The molecule has 0 saturated carbocycles. The predicted molar refractivity (Wildman–Crippen MR) is 66.0 cm³/mol. The highest BCUT2D eigenvalue weighted by molar-refractivity contribution is 6.21. The van der Waals surface area contributed by atoms with E-state index in [0.29, 0.717) is 11.1 Å². The molecule has 3 rings (SSSR count). The van der Waals surface area contributed by atoms with Gasteiger partial charge in [0.2, 0.25) is 0 Å². The van der Waals surface area contributed by atoms with E-state index in [1.165, 1.54) is 7.11 Å². The van der Waals surface area contributed by atoms with Crippen LogP contribution >= 0.6 is 0 Å². The molecular formula is C13H12N2O4. The first-order chi connectivity index (χ1) is 9.11. The van der Waals surface area contributed by atoms with Gasteiger partial charge in [0.1, 0.15) is 6.04 Å². The minimum Gasteiger partial charge on any atom is -0.467 e. The minimum absolute atomic E-state index is 0.285. The smallest absolute Gasteiger partial charge is 0.328 e. The van der Waals surface area contributed by atoms with E-state index in [0.717, 1.165) is 18.7 Å². The van der Waals surface area contributed by atoms with Crippen LogP contribution in [0.4, 0.5) is 5.69 Å². The number of nitrogens with zero attached hydrogens (tertiary/aromatic N) is 1. The van der Waals surface area contributed by atoms with Crippen molar-refractivity contribution in [2.75, 3.05) is 18.6 Å². The van der Waals surface area contributed by atoms with Crippen LogP contribution in [0, 0.1) is 0 Å². The van der Waals surface area contributed by atoms with Crippen molar-refractivity contribution in [2.24, 2.45) is 0 Å². The summed E-state index contributed by atoms with van der Waals surface area (Å²) in [6, 6.07) is 4.69. The molecule has 2 aliphatic rings. The summed E-state index contributed by atoms with van der Waals surface area (Å²) < 4.78 is 4.72. The molecular weight excluding hydrogens is 248 g/mol. The summed E-state index contributed by atoms with van der Waals surface area (Å²) in [5, 5.41) is 2.24. The molecule has 1 aromatic rings. The van der Waals surface area contributed by atoms with Crippen LogP contribution < -0.4 is 10.2 Å². The lowest BCUT2D eigenvalue weighted by Crippen LogP contribution is -2.53. The predicted octanol–water partition coefficient (Wildman–Crippen LogP) is 0.322. The van der Waals surface area contributed by atoms with Gasteiger partial charge in [0.15, 0.2) is 0 Å². The van der Waals surface area contributed by atoms with Crippen molar-refractivity contribution in [3.8, 4) is 0 Å². The normalized spacial score (nSPS) is 20.7. The van der Waals surface area contributed by atoms with Gasteiger partial charge in [0.05, 0.1) is 18.2 Å². The Kier molecular flexibility index (Phi) is 2.51. The van der Waals surface area contributed by atoms with E-state index in [4.69, 9.17) is 4.74 Å². The van der Waals surface area contributed by atoms with Crippen LogP contribution in [-0.4, -0.2) is 37.5 Å². The second kappa shape index (κ2) is 4.08. The highest BCUT2D eigenvalue weighted by Gasteiger charge is 2.36. The lowest BCUT2D eigenvalue weighted by Gasteiger charge is -2.40. The number of carbonyl (C=O) groups excluding carboxylic acids is 3. The molecule has 1 atom stereocenters. The first kappa shape index (κ1) is 11.7. The number of methoxy groups -OCH3 is 1. The Hall–Kier alpha value is -2.37. The third kappa shape index (κ3) is 1.68. The summed E-state index contributed by atoms with van der Waals surface area (Å²) in [7, 11) is 1.35. The van der Waals surface area contributed by atoms with Gasteiger partial charge in [-0.05, 0) is 24.6 Å². The highest BCUT2D eigenvalue weighted by atomic mass is 16.5. The Balaban J connectivity index is 1.92. The fraction of sp³-hybridized carbons (Fsp3) is 0.308. The summed E-state index contributed by atoms with van der Waals surface area (Å²) in [4.78, 5) is 36.4. The SMILES string of the molecule is COC(=O)C1CCN1c1ccc2c(c1)C(=O)NC2=O. The van der Waals surface area contributed by atoms with E-state index in [-0.39, 0.29) is 17.9 Å². The number of ether oxygens (including phenoxy) is 1. The third-order valence-electron chi connectivity index (χ3n) is 3.54. The molecule has 2 aliphatic heterocycles. The van der Waals surface area contributed by atoms with Crippen LogP contribution in [-0.2, 0) is 9.53 Å². The number of imide groups is 1. The largest absolute Gasteiger partial charge is 0.467 e. The fourth-order valence-electron chi connectivity index (χ4n) is 2.41. The molecule has 6 nitrogen and oxygen atoms in total. The number of hydrogen-bond acceptors (Lipinski definition) is 5. The molecule has 1 saturated heterocycles. The second-order valence-electron chi connectivity index (χ2n) is 4.53. The lowest BCUT2D eigenvalue weighted by molar-refractivity contribution is -0.143. The highest BCUT2D eigenvalue weighted by Crippen LogP contribution is 2.30. The van der Waals surface area contributed by atoms with Crippen molar-refractivity contribution < 1.29 is 19.1 Å². The van der Waals surface area contributed by atoms with Crippen LogP contribution in [0.3, 0.4) is 0 Å². The van der Waals surface area contributed by atoms with Crippen LogP contribution in [0.15, 0.2) is 18.2 Å². The van der Waals surface area contributed by atoms with Gasteiger partial charge in [-0.1, -0.05) is 0 Å². The van der Waals surface area contributed by atoms with Crippen molar-refractivity contribution in [1.29, 1.82) is 0 Å². The average molecular weight is 260 g/mol. The van der Waals surface area contributed by atoms with Crippen LogP contribution in [0.5, 0.6) is 0 Å². The molecule has 0 bridgehead atoms. The Morgan fingerprint density at radius 3 is 2.68 bits per heavy atom. The minimum atomic E-state index is -0.392. The van der Waals surface area contributed by atoms with Gasteiger partial charge >= 0.3 is 5.97 Å². The standard InChI is InChI=1S/C13H12N2O4/c1-19-13(18)10-4-5-15(10)7-2-3-8-9(6-7)12(17)14-11(8)16/h2-3,6,10H,4-5H2,1H3,(H,14,16,17). The summed E-state index contributed by atoms with van der Waals surface area (Å²) in [5.41, 5.74) is 1.49. The molecule has 2 amide bonds. The number of rotatable bonds is 2. The summed E-state index contributed by atoms with van der Waals surface area (Å²) >= 11 is 0. The van der Waals surface area contributed by atoms with Crippen LogP contribution in [0.1, 0.15) is 27.1 Å². The van der Waals surface area contributed by atoms with Crippen molar-refractivity contribution in [3.05, 3.63) is 29.3 Å². The van der Waals surface area contributed by atoms with Gasteiger partial charge in [0, 0.05) is 12.2 Å². The Labute approximate surface area is 109 Å². The van der Waals surface area contributed by atoms with Gasteiger partial charge in [0.25, 0.3) is 11.8 Å². The number of amides is 2. The summed E-state index contributed by atoms with van der Waals surface area (Å²) in [6.07, 6.45) is 0.731. The van der Waals surface area contributed by atoms with Crippen LogP contribution in [0.25, 0.3) is 0 Å². The maximum Gasteiger partial charge on any atom is 0.328 e. The van der Waals surface area contributed by atoms with Crippen molar-refractivity contribution in [3.63, 3.8) is 0 Å². The zero-order valence-corrected chi connectivity index (χ0v) is 10.3. The van der Waals surface area contributed by atoms with Gasteiger partial charge in [-0.2, -0.15) is 0 Å². The van der Waals surface area contributed by atoms with E-state index in [9.17, 15) is 14.4 Å². The van der Waals surface area contributed by atoms with Gasteiger partial charge < -0.3 is 9.64 Å². The quantitative estimate of drug-likeness (QED) is 0.612. The molecule has 19 heavy (non-hydrogen) atoms. The van der Waals surface area contributed by atoms with E-state index >= 15 is 0 Å². The summed E-state index contributed by atoms with van der Waals surface area (Å²) in [5.74, 6) is -1.05. The third-order valence-corrected chi connectivity index (χ3v) is 3.54. The maximum absolute atomic E-state index is 11.6. The van der Waals surface area contributed by atoms with Gasteiger partial charge in [-0.15, -0.1) is 0 Å². The molecule has 0 spiro atoms. The first-order valence-corrected chi connectivity index (χ1v) is 5.96. The Morgan fingerprint density at radius 1 is 1.32 bits per heavy atom. The molecule has 0 aromatic heterocycles. The van der Waals surface area contributed by atoms with Crippen molar-refractivity contribution >= 4 is 23.5 Å². The monoisotopic (exact) mass is 260 g/mol. The molecule has 1 fully saturated rings. The molecule has 0 aliphatic carbocycles. The fourth-order valence-corrected chi connectivity index (χ4v) is 2.41. The Bertz CT molecular complexity index is 596. The number of nitrogens with one attached hydrogen (secondary N) is 1. The number of esters is 1. The number of benzene rings is 1. The molecule has 1 N–H and O–H groups in total. The zero-order valence-electron chi connectivity index (χ0n) is 10.3. The number of hydrogen-bond donors (Lipinski definition) is 1. The first-order valence-electron chi connectivity index (χ1n) is 5.96. The van der Waals surface area contributed by atoms with Gasteiger partial charge in [-0.25, -0.2) is 4.79 Å². The molecule has 1 aromatic carbocycles. The van der Waals surface area contributed by atoms with E-state index < -0.39 is 5.91 Å². The second-order valence-corrected chi connectivity index (χ2v) is 4.53. The molecule has 2 heterocycles. The summed E-state index contributed by atoms with van der Waals surface area (Å²) in [6.45, 7) is 0.730. The average Bonchev–Trinajstić information content (AvgIpc) is 2.63. The van der Waals surface area contributed by atoms with E-state index in [1.807, 2.05) is 4.90 Å². The number of fused-ring (bicyclic) bond motifs is 1. The number of anilines is 1. The van der Waals surface area contributed by atoms with E-state index in [1.54, 1.807) is 18.2 Å².